The number of aliphatic hydroxyl groups is 2. The Labute approximate surface area is 220 Å². The van der Waals surface area contributed by atoms with E-state index < -0.39 is 28.1 Å². The van der Waals surface area contributed by atoms with Crippen LogP contribution in [0.4, 0.5) is 17.6 Å². The van der Waals surface area contributed by atoms with Crippen LogP contribution in [0.25, 0.3) is 0 Å². The normalized spacial score (nSPS) is 13.3. The molecule has 0 aliphatic rings. The third-order valence-corrected chi connectivity index (χ3v) is 6.41. The summed E-state index contributed by atoms with van der Waals surface area (Å²) in [6.45, 7) is 8.56. The van der Waals surface area contributed by atoms with Crippen LogP contribution in [0.15, 0.2) is 24.5 Å². The highest BCUT2D eigenvalue weighted by molar-refractivity contribution is 7.85. The number of rotatable bonds is 17. The lowest BCUT2D eigenvalue weighted by molar-refractivity contribution is -0.686. The lowest BCUT2D eigenvalue weighted by Gasteiger charge is -2.26. The second kappa shape index (κ2) is 15.0. The van der Waals surface area contributed by atoms with E-state index in [-0.39, 0.29) is 19.0 Å². The van der Waals surface area contributed by atoms with E-state index in [1.165, 1.54) is 25.7 Å². The molecule has 2 atom stereocenters. The summed E-state index contributed by atoms with van der Waals surface area (Å²) in [5.74, 6) is 0.304. The fraction of sp³-hybridized carbons (Fsp3) is 0.640. The van der Waals surface area contributed by atoms with Crippen molar-refractivity contribution in [3.8, 4) is 0 Å². The summed E-state index contributed by atoms with van der Waals surface area (Å²) >= 11 is 0. The van der Waals surface area contributed by atoms with E-state index in [9.17, 15) is 23.2 Å². The lowest BCUT2D eigenvalue weighted by atomic mass is 10.1. The summed E-state index contributed by atoms with van der Waals surface area (Å²) in [6.07, 6.45) is 7.23. The summed E-state index contributed by atoms with van der Waals surface area (Å²) < 4.78 is 33.7. The third kappa shape index (κ3) is 11.6. The SMILES string of the molecule is CCCCCCCCNc1nc(Nc2ccc(C)c(CS(=O)(=O)O)c2)nc[n+]1N(CC(C)O)CC(C)O. The molecule has 0 aliphatic carbocycles. The Bertz CT molecular complexity index is 1070. The van der Waals surface area contributed by atoms with Gasteiger partial charge in [0.25, 0.3) is 10.1 Å². The molecular formula is C25H43N6O5S+. The van der Waals surface area contributed by atoms with Gasteiger partial charge >= 0.3 is 11.9 Å². The average molecular weight is 540 g/mol. The zero-order valence-electron chi connectivity index (χ0n) is 22.4. The lowest BCUT2D eigenvalue weighted by Crippen LogP contribution is -2.63. The Balaban J connectivity index is 2.27. The summed E-state index contributed by atoms with van der Waals surface area (Å²) in [4.78, 5) is 9.04. The van der Waals surface area contributed by atoms with Crippen LogP contribution in [0, 0.1) is 6.92 Å². The maximum absolute atomic E-state index is 11.4. The van der Waals surface area contributed by atoms with Crippen molar-refractivity contribution >= 4 is 27.7 Å². The number of benzene rings is 1. The van der Waals surface area contributed by atoms with Crippen LogP contribution in [-0.2, 0) is 15.9 Å². The molecule has 11 nitrogen and oxygen atoms in total. The number of anilines is 3. The molecule has 0 aliphatic heterocycles. The van der Waals surface area contributed by atoms with Crippen molar-refractivity contribution in [2.24, 2.45) is 0 Å². The Morgan fingerprint density at radius 1 is 1.05 bits per heavy atom. The third-order valence-electron chi connectivity index (χ3n) is 5.73. The molecule has 37 heavy (non-hydrogen) atoms. The highest BCUT2D eigenvalue weighted by Gasteiger charge is 2.22. The molecule has 2 aromatic rings. The van der Waals surface area contributed by atoms with Gasteiger partial charge in [-0.05, 0) is 50.5 Å². The largest absolute Gasteiger partial charge is 0.391 e. The standard InChI is InChI=1S/C25H42N6O5S/c1-5-6-7-8-9-10-13-26-25-29-24(27-18-31(25)30(15-20(3)32)16-21(4)33)28-23-12-11-19(2)22(14-23)17-37(34,35)36/h11-12,14,18,20-21,32-33H,5-10,13,15-17H2,1-4H3,(H2,26,28,29,34,35,36)/p+1. The first kappa shape index (κ1) is 30.7. The van der Waals surface area contributed by atoms with E-state index in [1.54, 1.807) is 55.0 Å². The van der Waals surface area contributed by atoms with Crippen molar-refractivity contribution in [1.82, 2.24) is 9.97 Å². The smallest absolute Gasteiger partial charge is 0.373 e. The number of nitrogens with one attached hydrogen (secondary N) is 2. The van der Waals surface area contributed by atoms with Crippen molar-refractivity contribution in [1.29, 1.82) is 0 Å². The number of aryl methyl sites for hydroxylation is 1. The van der Waals surface area contributed by atoms with E-state index in [4.69, 9.17) is 0 Å². The maximum Gasteiger partial charge on any atom is 0.373 e. The van der Waals surface area contributed by atoms with Gasteiger partial charge in [0.15, 0.2) is 0 Å². The summed E-state index contributed by atoms with van der Waals surface area (Å²) in [7, 11) is -4.17. The molecule has 0 fully saturated rings. The number of aliphatic hydroxyl groups excluding tert-OH is 2. The summed E-state index contributed by atoms with van der Waals surface area (Å²) in [6, 6.07) is 5.19. The van der Waals surface area contributed by atoms with Crippen LogP contribution >= 0.6 is 0 Å². The fourth-order valence-electron chi connectivity index (χ4n) is 3.93. The molecule has 0 bridgehead atoms. The molecule has 1 aromatic heterocycles. The van der Waals surface area contributed by atoms with Crippen molar-refractivity contribution in [2.45, 2.75) is 84.2 Å². The van der Waals surface area contributed by atoms with Crippen LogP contribution < -0.4 is 20.3 Å². The predicted octanol–water partition coefficient (Wildman–Crippen LogP) is 2.68. The zero-order valence-corrected chi connectivity index (χ0v) is 23.2. The minimum atomic E-state index is -4.17. The Hall–Kier alpha value is -2.54. The Kier molecular flexibility index (Phi) is 12.4. The first-order chi connectivity index (χ1) is 17.5. The van der Waals surface area contributed by atoms with Crippen LogP contribution in [0.1, 0.15) is 70.4 Å². The molecule has 0 spiro atoms. The second-order valence-electron chi connectivity index (χ2n) is 9.60. The van der Waals surface area contributed by atoms with Crippen molar-refractivity contribution in [2.75, 3.05) is 35.3 Å². The average Bonchev–Trinajstić information content (AvgIpc) is 2.79. The van der Waals surface area contributed by atoms with Gasteiger partial charge in [0.2, 0.25) is 6.33 Å². The molecular weight excluding hydrogens is 496 g/mol. The van der Waals surface area contributed by atoms with Gasteiger partial charge < -0.3 is 15.5 Å². The van der Waals surface area contributed by atoms with E-state index in [0.29, 0.717) is 23.7 Å². The topological polar surface area (TPSA) is 152 Å². The molecule has 2 rings (SSSR count). The quantitative estimate of drug-likeness (QED) is 0.115. The van der Waals surface area contributed by atoms with Crippen molar-refractivity contribution in [3.05, 3.63) is 35.7 Å². The molecule has 0 amide bonds. The Morgan fingerprint density at radius 2 is 1.70 bits per heavy atom. The van der Waals surface area contributed by atoms with E-state index in [0.717, 1.165) is 18.4 Å². The van der Waals surface area contributed by atoms with Gasteiger partial charge in [-0.2, -0.15) is 8.42 Å². The number of hydrogen-bond acceptors (Lipinski definition) is 9. The zero-order chi connectivity index (χ0) is 27.4. The molecule has 5 N–H and O–H groups in total. The maximum atomic E-state index is 11.4. The number of aromatic nitrogens is 3. The number of nitrogens with zero attached hydrogens (tertiary/aromatic N) is 4. The molecule has 1 heterocycles. The van der Waals surface area contributed by atoms with Crippen molar-refractivity contribution < 1.29 is 27.9 Å². The molecule has 12 heteroatoms. The van der Waals surface area contributed by atoms with E-state index in [1.807, 2.05) is 0 Å². The molecule has 0 saturated carbocycles. The van der Waals surface area contributed by atoms with Gasteiger partial charge in [0.1, 0.15) is 5.75 Å². The van der Waals surface area contributed by atoms with E-state index >= 15 is 0 Å². The molecule has 1 aromatic carbocycles. The minimum Gasteiger partial charge on any atom is -0.391 e. The van der Waals surface area contributed by atoms with Crippen LogP contribution in [0.2, 0.25) is 0 Å². The predicted molar refractivity (Wildman–Crippen MR) is 145 cm³/mol. The second-order valence-corrected chi connectivity index (χ2v) is 11.1. The van der Waals surface area contributed by atoms with Gasteiger partial charge in [0.05, 0.1) is 31.8 Å². The Morgan fingerprint density at radius 3 is 2.32 bits per heavy atom. The number of unbranched alkanes of at least 4 members (excludes halogenated alkanes) is 5. The summed E-state index contributed by atoms with van der Waals surface area (Å²) in [5, 5.41) is 28.3. The summed E-state index contributed by atoms with van der Waals surface area (Å²) in [5.41, 5.74) is 1.79. The van der Waals surface area contributed by atoms with Crippen molar-refractivity contribution in [3.63, 3.8) is 0 Å². The molecule has 208 valence electrons. The van der Waals surface area contributed by atoms with Gasteiger partial charge in [0, 0.05) is 5.69 Å². The van der Waals surface area contributed by atoms with E-state index in [2.05, 4.69) is 27.5 Å². The molecule has 2 unspecified atom stereocenters. The van der Waals surface area contributed by atoms with Gasteiger partial charge in [-0.3, -0.25) is 14.9 Å². The molecule has 0 radical (unpaired) electrons. The van der Waals surface area contributed by atoms with Gasteiger partial charge in [-0.15, -0.1) is 4.68 Å². The van der Waals surface area contributed by atoms with Gasteiger partial charge in [-0.1, -0.05) is 55.1 Å². The highest BCUT2D eigenvalue weighted by Crippen LogP contribution is 2.20. The minimum absolute atomic E-state index is 0.272. The molecule has 0 saturated heterocycles. The highest BCUT2D eigenvalue weighted by atomic mass is 32.2. The monoisotopic (exact) mass is 539 g/mol. The first-order valence-electron chi connectivity index (χ1n) is 12.9. The first-order valence-corrected chi connectivity index (χ1v) is 14.5. The van der Waals surface area contributed by atoms with Gasteiger partial charge in [-0.25, -0.2) is 0 Å². The fourth-order valence-corrected chi connectivity index (χ4v) is 4.63. The van der Waals surface area contributed by atoms with Crippen LogP contribution in [0.3, 0.4) is 0 Å². The van der Waals surface area contributed by atoms with Crippen LogP contribution in [-0.4, -0.2) is 65.0 Å². The number of hydrogen-bond donors (Lipinski definition) is 5. The van der Waals surface area contributed by atoms with Crippen LogP contribution in [0.5, 0.6) is 0 Å².